The highest BCUT2D eigenvalue weighted by atomic mass is 32.1. The average molecular weight is 1560 g/mol. The first-order chi connectivity index (χ1) is 59.4. The van der Waals surface area contributed by atoms with Crippen molar-refractivity contribution in [3.63, 3.8) is 0 Å². The fourth-order valence-electron chi connectivity index (χ4n) is 19.1. The minimum Gasteiger partial charge on any atom is -0.417 e. The lowest BCUT2D eigenvalue weighted by molar-refractivity contribution is -0.645. The maximum atomic E-state index is 7.98. The van der Waals surface area contributed by atoms with Crippen LogP contribution in [-0.4, -0.2) is 86.4 Å². The van der Waals surface area contributed by atoms with E-state index in [1.54, 1.807) is 36.1 Å². The molecule has 0 saturated carbocycles. The summed E-state index contributed by atoms with van der Waals surface area (Å²) in [5.41, 5.74) is 28.2. The molecule has 5 aliphatic heterocycles. The van der Waals surface area contributed by atoms with Crippen LogP contribution in [0.25, 0.3) is 183 Å². The van der Waals surface area contributed by atoms with E-state index in [4.69, 9.17) is 8.53 Å². The first kappa shape index (κ1) is 64.1. The molecule has 0 saturated heterocycles. The summed E-state index contributed by atoms with van der Waals surface area (Å²) in [5, 5.41) is 5.70. The van der Waals surface area contributed by atoms with Gasteiger partial charge in [0.2, 0.25) is 27.8 Å². The third kappa shape index (κ3) is 9.60. The Morgan fingerprint density at radius 2 is 0.746 bits per heavy atom. The van der Waals surface area contributed by atoms with Crippen molar-refractivity contribution < 1.29 is 31.4 Å². The number of hydrogen-bond donors (Lipinski definition) is 0. The van der Waals surface area contributed by atoms with Gasteiger partial charge in [0, 0.05) is 73.6 Å². The van der Waals surface area contributed by atoms with Gasteiger partial charge in [-0.2, -0.15) is 9.13 Å². The van der Waals surface area contributed by atoms with Gasteiger partial charge in [-0.05, 0) is 127 Å². The summed E-state index contributed by atoms with van der Waals surface area (Å²) in [6.07, 6.45) is 27.6. The van der Waals surface area contributed by atoms with Crippen molar-refractivity contribution in [3.8, 4) is 74.0 Å². The number of imidazole rings is 5. The molecule has 0 aliphatic carbocycles. The van der Waals surface area contributed by atoms with E-state index in [1.807, 2.05) is 153 Å². The van der Waals surface area contributed by atoms with Crippen LogP contribution in [0.2, 0.25) is 0 Å². The van der Waals surface area contributed by atoms with Crippen molar-refractivity contribution in [1.82, 2.24) is 86.4 Å². The van der Waals surface area contributed by atoms with Gasteiger partial charge in [-0.3, -0.25) is 59.0 Å². The van der Waals surface area contributed by atoms with Gasteiger partial charge >= 0.3 is 5.71 Å². The van der Waals surface area contributed by atoms with E-state index in [1.165, 1.54) is 98.0 Å². The number of nitrogens with zero attached hydrogens (tertiary/aromatic N) is 23. The molecule has 118 heavy (non-hydrogen) atoms. The Morgan fingerprint density at radius 3 is 1.26 bits per heavy atom. The van der Waals surface area contributed by atoms with Gasteiger partial charge in [0.05, 0.1) is 147 Å². The van der Waals surface area contributed by atoms with Crippen molar-refractivity contribution in [3.05, 3.63) is 303 Å². The second-order valence-electron chi connectivity index (χ2n) is 30.1. The molecule has 20 aromatic heterocycles. The van der Waals surface area contributed by atoms with Crippen molar-refractivity contribution in [2.24, 2.45) is 35.2 Å². The Kier molecular flexibility index (Phi) is 14.0. The van der Waals surface area contributed by atoms with E-state index in [0.29, 0.717) is 17.7 Å². The third-order valence-corrected chi connectivity index (χ3v) is 25.0. The van der Waals surface area contributed by atoms with Crippen LogP contribution in [0.5, 0.6) is 0 Å². The Hall–Kier alpha value is -15.4. The van der Waals surface area contributed by atoms with Crippen molar-refractivity contribution in [2.75, 3.05) is 0 Å². The number of aromatic nitrogens is 23. The van der Waals surface area contributed by atoms with Crippen LogP contribution in [0.1, 0.15) is 32.6 Å². The zero-order chi connectivity index (χ0) is 80.8. The molecule has 0 N–H and O–H groups in total. The van der Waals surface area contributed by atoms with Gasteiger partial charge in [-0.1, -0.05) is 65.9 Å². The number of benzene rings is 3. The molecular weight excluding hydrogens is 1490 g/mol. The fourth-order valence-corrected chi connectivity index (χ4v) is 20.3. The number of thiophene rings is 1. The molecule has 28 rings (SSSR count). The topological polar surface area (TPSA) is 201 Å². The lowest BCUT2D eigenvalue weighted by Gasteiger charge is -2.03. The summed E-state index contributed by atoms with van der Waals surface area (Å²) >= 11 is 1.80. The molecule has 0 radical (unpaired) electrons. The normalized spacial score (nSPS) is 13.3. The molecule has 24 nitrogen and oxygen atoms in total. The number of para-hydroxylation sites is 3. The van der Waals surface area contributed by atoms with E-state index in [-0.39, 0.29) is 0 Å². The number of fused-ring (bicyclic) bond motifs is 35. The number of hydrogen-bond acceptors (Lipinski definition) is 12. The van der Waals surface area contributed by atoms with Crippen LogP contribution in [0.4, 0.5) is 0 Å². The third-order valence-electron chi connectivity index (χ3n) is 23.9. The highest BCUT2D eigenvalue weighted by molar-refractivity contribution is 7.25. The smallest absolute Gasteiger partial charge is 0.344 e. The van der Waals surface area contributed by atoms with E-state index in [2.05, 4.69) is 230 Å². The predicted molar refractivity (Wildman–Crippen MR) is 452 cm³/mol. The molecule has 0 spiro atoms. The monoisotopic (exact) mass is 1560 g/mol. The van der Waals surface area contributed by atoms with Crippen LogP contribution in [0.3, 0.4) is 0 Å². The maximum Gasteiger partial charge on any atom is 0.344 e. The van der Waals surface area contributed by atoms with Crippen LogP contribution < -0.4 is 22.8 Å². The lowest BCUT2D eigenvalue weighted by Crippen LogP contribution is -2.31. The molecule has 0 fully saturated rings. The molecule has 3 aromatic carbocycles. The molecule has 564 valence electrons. The molecule has 0 bridgehead atoms. The minimum absolute atomic E-state index is 0.623. The highest BCUT2D eigenvalue weighted by Crippen LogP contribution is 2.44. The minimum atomic E-state index is -2.28. The quantitative estimate of drug-likeness (QED) is 0.152. The average Bonchev–Trinajstić information content (AvgIpc) is 1.56. The summed E-state index contributed by atoms with van der Waals surface area (Å²) in [6, 6.07) is 62.2. The SMILES string of the molecule is C[n+]1c2n(c3c4ccncc4n(-c4ccccc4)c31)Cc1ncccc1-2.Cn1c2cnccc2c2c1[n+](C)c1n2Cc2ncccc2-1.[2H]C([2H])([2H])n1c2cnccc2c2c1[n+](C)c1n2Cc2ncccc2-1.c1ccc(-n2c3[n+](c4c5ccncc5oc42)Cc2ncccc2-3)cc1.c1ccc(-n2c3[n+](c4c5ccncc5sc42)Cc2ncccc2-3)cc1. The maximum absolute atomic E-state index is 7.98. The number of pyridine rings is 10. The van der Waals surface area contributed by atoms with Crippen LogP contribution in [0, 0.1) is 0 Å². The summed E-state index contributed by atoms with van der Waals surface area (Å²) < 4.78 is 60.0. The molecule has 0 atom stereocenters. The Balaban J connectivity index is 0.0000000858. The molecule has 0 amide bonds. The van der Waals surface area contributed by atoms with Gasteiger partial charge in [0.1, 0.15) is 66.3 Å². The molecular formula is C93H70N23OS+5. The summed E-state index contributed by atoms with van der Waals surface area (Å²) in [4.78, 5) is 45.3. The van der Waals surface area contributed by atoms with Gasteiger partial charge in [0.25, 0.3) is 28.6 Å². The van der Waals surface area contributed by atoms with Crippen LogP contribution in [-0.2, 0) is 67.9 Å². The molecule has 5 aliphatic rings. The second-order valence-corrected chi connectivity index (χ2v) is 31.1. The number of rotatable bonds is 3. The summed E-state index contributed by atoms with van der Waals surface area (Å²) in [5.74, 6) is 5.76. The number of aryl methyl sites for hydroxylation is 5. The standard InChI is InChI=1S/C21H16N5.C20H13N4O.C20H13N4S.2C16H14N5/c1-24-20-15-8-5-10-23-17(15)13-25(20)19-16-9-11-22-12-18(16)26(21(19)24)14-6-3-2-4-7-14;2*1-2-5-13(6-3-1)24-19-14-7-4-9-22-16(14)12-23(19)18-15-8-10-21-11-17(15)25-20(18)24;2*1-19-13-8-17-7-5-11(13)14-16(19)20(2)15-10-4-3-6-18-12(10)9-21(14)15/h2-12H,13H2,1H3;2*1-11H,12H2;2*3-8H,9H2,1-2H3/q5*+1/i;;;1D3;. The fraction of sp³-hybridized carbons (Fsp3) is 0.108. The zero-order valence-electron chi connectivity index (χ0n) is 67.1. The first-order valence-corrected chi connectivity index (χ1v) is 39.8. The van der Waals surface area contributed by atoms with E-state index >= 15 is 0 Å². The second kappa shape index (κ2) is 25.8. The summed E-state index contributed by atoms with van der Waals surface area (Å²) in [7, 11) is 8.28. The van der Waals surface area contributed by atoms with Crippen molar-refractivity contribution >= 4 is 120 Å². The lowest BCUT2D eigenvalue weighted by atomic mass is 10.2. The molecule has 25 heterocycles. The zero-order valence-corrected chi connectivity index (χ0v) is 64.9. The predicted octanol–water partition coefficient (Wildman–Crippen LogP) is 14.2. The Bertz CT molecular complexity index is 8060. The first-order valence-electron chi connectivity index (χ1n) is 40.5. The Morgan fingerprint density at radius 1 is 0.356 bits per heavy atom. The molecule has 25 heteroatoms. The molecule has 0 unspecified atom stereocenters. The van der Waals surface area contributed by atoms with Crippen LogP contribution >= 0.6 is 11.3 Å². The van der Waals surface area contributed by atoms with E-state index in [0.717, 1.165) is 133 Å². The highest BCUT2D eigenvalue weighted by Gasteiger charge is 2.43. The van der Waals surface area contributed by atoms with Gasteiger partial charge < -0.3 is 4.42 Å². The number of furan rings is 1. The van der Waals surface area contributed by atoms with E-state index in [9.17, 15) is 0 Å². The molecule has 23 aromatic rings. The van der Waals surface area contributed by atoms with Crippen molar-refractivity contribution in [2.45, 2.75) is 32.7 Å². The van der Waals surface area contributed by atoms with Gasteiger partial charge in [0.15, 0.2) is 27.6 Å². The van der Waals surface area contributed by atoms with E-state index < -0.39 is 6.98 Å². The van der Waals surface area contributed by atoms with Crippen LogP contribution in [0.15, 0.2) is 279 Å². The summed E-state index contributed by atoms with van der Waals surface area (Å²) in [6.45, 7) is 1.57. The van der Waals surface area contributed by atoms with Crippen molar-refractivity contribution in [1.29, 1.82) is 0 Å². The Labute approximate surface area is 679 Å². The van der Waals surface area contributed by atoms with Gasteiger partial charge in [-0.15, -0.1) is 0 Å². The van der Waals surface area contributed by atoms with Gasteiger partial charge in [-0.25, -0.2) is 41.1 Å². The largest absolute Gasteiger partial charge is 0.417 e.